The lowest BCUT2D eigenvalue weighted by Gasteiger charge is -2.38. The van der Waals surface area contributed by atoms with Crippen molar-refractivity contribution in [3.63, 3.8) is 0 Å². The molecule has 0 radical (unpaired) electrons. The first-order chi connectivity index (χ1) is 9.36. The summed E-state index contributed by atoms with van der Waals surface area (Å²) in [5.41, 5.74) is 5.43. The monoisotopic (exact) mass is 280 g/mol. The van der Waals surface area contributed by atoms with E-state index in [-0.39, 0.29) is 5.57 Å². The standard InChI is InChI=1S/C13H20N4O3/c1-4-10(13(19)20)7-15-9(2)17-6-5-16(3)11(8-17)12(14)18/h4,7,11H,2,5-6,8H2,1,3H3,(H2,14,18)(H,19,20)/b10-4+,15-7-. The van der Waals surface area contributed by atoms with Crippen LogP contribution in [-0.4, -0.2) is 65.7 Å². The van der Waals surface area contributed by atoms with Crippen molar-refractivity contribution in [3.8, 4) is 0 Å². The smallest absolute Gasteiger partial charge is 0.336 e. The van der Waals surface area contributed by atoms with E-state index < -0.39 is 17.9 Å². The lowest BCUT2D eigenvalue weighted by Crippen LogP contribution is -2.56. The number of rotatable bonds is 5. The Balaban J connectivity index is 2.71. The van der Waals surface area contributed by atoms with E-state index >= 15 is 0 Å². The molecule has 0 saturated carbocycles. The zero-order valence-corrected chi connectivity index (χ0v) is 11.7. The van der Waals surface area contributed by atoms with Gasteiger partial charge in [0, 0.05) is 25.8 Å². The molecule has 7 nitrogen and oxygen atoms in total. The third kappa shape index (κ3) is 3.92. The van der Waals surface area contributed by atoms with Crippen LogP contribution in [0.3, 0.4) is 0 Å². The first kappa shape index (κ1) is 15.9. The van der Waals surface area contributed by atoms with Crippen LogP contribution in [0, 0.1) is 0 Å². The zero-order chi connectivity index (χ0) is 15.3. The van der Waals surface area contributed by atoms with Crippen molar-refractivity contribution < 1.29 is 14.7 Å². The summed E-state index contributed by atoms with van der Waals surface area (Å²) in [5, 5.41) is 8.88. The minimum atomic E-state index is -1.04. The maximum absolute atomic E-state index is 11.3. The Bertz CT molecular complexity index is 470. The highest BCUT2D eigenvalue weighted by Gasteiger charge is 2.28. The fourth-order valence-electron chi connectivity index (χ4n) is 1.89. The largest absolute Gasteiger partial charge is 0.478 e. The van der Waals surface area contributed by atoms with Crippen molar-refractivity contribution in [2.45, 2.75) is 13.0 Å². The van der Waals surface area contributed by atoms with Crippen molar-refractivity contribution >= 4 is 18.1 Å². The molecule has 0 spiro atoms. The fourth-order valence-corrected chi connectivity index (χ4v) is 1.89. The average Bonchev–Trinajstić information content (AvgIpc) is 2.38. The Morgan fingerprint density at radius 2 is 2.10 bits per heavy atom. The van der Waals surface area contributed by atoms with E-state index in [9.17, 15) is 9.59 Å². The van der Waals surface area contributed by atoms with E-state index in [0.29, 0.717) is 25.5 Å². The van der Waals surface area contributed by atoms with Crippen molar-refractivity contribution in [2.24, 2.45) is 10.7 Å². The van der Waals surface area contributed by atoms with E-state index in [4.69, 9.17) is 10.8 Å². The lowest BCUT2D eigenvalue weighted by molar-refractivity contribution is -0.132. The second-order valence-corrected chi connectivity index (χ2v) is 4.57. The van der Waals surface area contributed by atoms with Gasteiger partial charge in [-0.25, -0.2) is 9.79 Å². The van der Waals surface area contributed by atoms with E-state index in [0.717, 1.165) is 0 Å². The molecule has 3 N–H and O–H groups in total. The number of piperazine rings is 1. The van der Waals surface area contributed by atoms with Crippen LogP contribution in [0.5, 0.6) is 0 Å². The second-order valence-electron chi connectivity index (χ2n) is 4.57. The summed E-state index contributed by atoms with van der Waals surface area (Å²) < 4.78 is 0. The van der Waals surface area contributed by atoms with Crippen molar-refractivity contribution in [2.75, 3.05) is 26.7 Å². The van der Waals surface area contributed by atoms with Gasteiger partial charge in [-0.1, -0.05) is 12.7 Å². The topological polar surface area (TPSA) is 99.2 Å². The summed E-state index contributed by atoms with van der Waals surface area (Å²) >= 11 is 0. The number of carboxylic acid groups (broad SMARTS) is 1. The molecule has 1 amide bonds. The Labute approximate surface area is 118 Å². The summed E-state index contributed by atoms with van der Waals surface area (Å²) in [6.45, 7) is 7.15. The molecule has 1 atom stereocenters. The molecule has 0 bridgehead atoms. The minimum absolute atomic E-state index is 0.0896. The van der Waals surface area contributed by atoms with Crippen LogP contribution in [0.25, 0.3) is 0 Å². The Morgan fingerprint density at radius 1 is 1.45 bits per heavy atom. The first-order valence-corrected chi connectivity index (χ1v) is 6.24. The molecular weight excluding hydrogens is 260 g/mol. The number of nitrogens with zero attached hydrogens (tertiary/aromatic N) is 3. The van der Waals surface area contributed by atoms with Gasteiger partial charge in [0.05, 0.1) is 5.57 Å². The molecule has 0 aromatic rings. The second kappa shape index (κ2) is 6.85. The van der Waals surface area contributed by atoms with Crippen LogP contribution in [0.2, 0.25) is 0 Å². The summed E-state index contributed by atoms with van der Waals surface area (Å²) in [7, 11) is 1.83. The molecule has 1 heterocycles. The lowest BCUT2D eigenvalue weighted by atomic mass is 10.1. The molecule has 1 rings (SSSR count). The van der Waals surface area contributed by atoms with Crippen molar-refractivity contribution in [1.82, 2.24) is 9.80 Å². The molecule has 0 aromatic heterocycles. The third-order valence-electron chi connectivity index (χ3n) is 3.25. The minimum Gasteiger partial charge on any atom is -0.478 e. The van der Waals surface area contributed by atoms with Gasteiger partial charge in [0.25, 0.3) is 0 Å². The Morgan fingerprint density at radius 3 is 2.60 bits per heavy atom. The van der Waals surface area contributed by atoms with Crippen molar-refractivity contribution in [1.29, 1.82) is 0 Å². The number of carbonyl (C=O) groups excluding carboxylic acids is 1. The number of likely N-dealkylation sites (N-methyl/N-ethyl adjacent to an activating group) is 1. The van der Waals surface area contributed by atoms with Gasteiger partial charge in [0.2, 0.25) is 5.91 Å². The molecule has 7 heteroatoms. The van der Waals surface area contributed by atoms with Gasteiger partial charge in [-0.05, 0) is 14.0 Å². The van der Waals surface area contributed by atoms with Gasteiger partial charge < -0.3 is 15.7 Å². The molecule has 0 aliphatic carbocycles. The quantitative estimate of drug-likeness (QED) is 0.530. The van der Waals surface area contributed by atoms with Gasteiger partial charge in [-0.3, -0.25) is 9.69 Å². The highest BCUT2D eigenvalue weighted by molar-refractivity contribution is 6.08. The maximum atomic E-state index is 11.3. The maximum Gasteiger partial charge on any atom is 0.336 e. The van der Waals surface area contributed by atoms with Crippen LogP contribution in [-0.2, 0) is 9.59 Å². The van der Waals surface area contributed by atoms with E-state index in [2.05, 4.69) is 11.6 Å². The normalized spacial score (nSPS) is 21.2. The highest BCUT2D eigenvalue weighted by Crippen LogP contribution is 2.13. The SMILES string of the molecule is C=C(/N=C\C(=C/C)C(=O)O)N1CCN(C)C(C(N)=O)C1. The molecule has 1 aliphatic heterocycles. The highest BCUT2D eigenvalue weighted by atomic mass is 16.4. The summed E-state index contributed by atoms with van der Waals surface area (Å²) in [4.78, 5) is 29.9. The number of hydrogen-bond acceptors (Lipinski definition) is 5. The molecule has 1 fully saturated rings. The fraction of sp³-hybridized carbons (Fsp3) is 0.462. The molecule has 110 valence electrons. The Hall–Kier alpha value is -2.15. The number of allylic oxidation sites excluding steroid dienone is 1. The molecule has 20 heavy (non-hydrogen) atoms. The predicted molar refractivity (Wildman–Crippen MR) is 76.2 cm³/mol. The number of amides is 1. The van der Waals surface area contributed by atoms with Crippen LogP contribution >= 0.6 is 0 Å². The van der Waals surface area contributed by atoms with Crippen molar-refractivity contribution in [3.05, 3.63) is 24.0 Å². The number of primary amides is 1. The summed E-state index contributed by atoms with van der Waals surface area (Å²) in [5.74, 6) is -1.02. The van der Waals surface area contributed by atoms with E-state index in [1.807, 2.05) is 16.8 Å². The molecular formula is C13H20N4O3. The Kier molecular flexibility index (Phi) is 5.45. The summed E-state index contributed by atoms with van der Waals surface area (Å²) in [6.07, 6.45) is 2.71. The molecule has 0 aromatic carbocycles. The van der Waals surface area contributed by atoms with Gasteiger partial charge in [-0.2, -0.15) is 0 Å². The van der Waals surface area contributed by atoms with Crippen LogP contribution in [0.4, 0.5) is 0 Å². The summed E-state index contributed by atoms with van der Waals surface area (Å²) in [6, 6.07) is -0.392. The van der Waals surface area contributed by atoms with Gasteiger partial charge in [0.15, 0.2) is 0 Å². The number of aliphatic carboxylic acids is 1. The number of nitrogens with two attached hydrogens (primary N) is 1. The first-order valence-electron chi connectivity index (χ1n) is 6.24. The van der Waals surface area contributed by atoms with Crippen LogP contribution in [0.1, 0.15) is 6.92 Å². The third-order valence-corrected chi connectivity index (χ3v) is 3.25. The van der Waals surface area contributed by atoms with Gasteiger partial charge in [-0.15, -0.1) is 0 Å². The number of hydrogen-bond donors (Lipinski definition) is 2. The number of carboxylic acids is 1. The molecule has 1 unspecified atom stereocenters. The van der Waals surface area contributed by atoms with Crippen LogP contribution in [0.15, 0.2) is 29.0 Å². The molecule has 1 aliphatic rings. The molecule has 1 saturated heterocycles. The van der Waals surface area contributed by atoms with E-state index in [1.165, 1.54) is 12.3 Å². The predicted octanol–water partition coefficient (Wildman–Crippen LogP) is -0.339. The average molecular weight is 280 g/mol. The van der Waals surface area contributed by atoms with Crippen LogP contribution < -0.4 is 5.73 Å². The van der Waals surface area contributed by atoms with E-state index in [1.54, 1.807) is 6.92 Å². The number of carbonyl (C=O) groups is 2. The van der Waals surface area contributed by atoms with Gasteiger partial charge >= 0.3 is 5.97 Å². The zero-order valence-electron chi connectivity index (χ0n) is 11.7. The number of aliphatic imine (C=N–C) groups is 1. The van der Waals surface area contributed by atoms with Gasteiger partial charge in [0.1, 0.15) is 11.9 Å².